The van der Waals surface area contributed by atoms with Crippen molar-refractivity contribution < 1.29 is 28.9 Å². The molecule has 2 aliphatic carbocycles. The Hall–Kier alpha value is -7.37. The summed E-state index contributed by atoms with van der Waals surface area (Å²) in [4.78, 5) is 10.1. The van der Waals surface area contributed by atoms with Gasteiger partial charge in [0.1, 0.15) is 16.7 Å². The normalized spacial score (nSPS) is 15.7. The van der Waals surface area contributed by atoms with Gasteiger partial charge in [-0.25, -0.2) is 0 Å². The number of fused-ring (bicyclic) bond motifs is 9. The van der Waals surface area contributed by atoms with Crippen LogP contribution in [0, 0.1) is 12.1 Å². The first kappa shape index (κ1) is 57.1. The molecule has 0 fully saturated rings. The van der Waals surface area contributed by atoms with E-state index in [2.05, 4.69) is 248 Å². The molecule has 12 aromatic rings. The number of hydrogen-bond acceptors (Lipinski definition) is 4. The third-order valence-electron chi connectivity index (χ3n) is 18.4. The molecule has 84 heavy (non-hydrogen) atoms. The summed E-state index contributed by atoms with van der Waals surface area (Å²) in [5.41, 5.74) is 25.4. The molecular formula is C78H77IrN3O2-2. The van der Waals surface area contributed by atoms with E-state index >= 15 is 0 Å². The third-order valence-corrected chi connectivity index (χ3v) is 18.4. The minimum absolute atomic E-state index is 0. The number of para-hydroxylation sites is 3. The van der Waals surface area contributed by atoms with Gasteiger partial charge < -0.3 is 18.4 Å². The van der Waals surface area contributed by atoms with Gasteiger partial charge in [0.2, 0.25) is 0 Å². The van der Waals surface area contributed by atoms with Crippen LogP contribution in [0.5, 0.6) is 0 Å². The summed E-state index contributed by atoms with van der Waals surface area (Å²) < 4.78 is 15.4. The van der Waals surface area contributed by atoms with Crippen LogP contribution in [-0.2, 0) is 47.2 Å². The summed E-state index contributed by atoms with van der Waals surface area (Å²) in [6.07, 6.45) is 4.30. The number of rotatable bonds is 7. The second kappa shape index (κ2) is 20.4. The molecular weight excluding hydrogens is 1200 g/mol. The molecule has 0 bridgehead atoms. The van der Waals surface area contributed by atoms with Crippen molar-refractivity contribution in [1.29, 1.82) is 0 Å². The minimum atomic E-state index is 0. The Morgan fingerprint density at radius 2 is 1.13 bits per heavy atom. The number of furan rings is 2. The maximum atomic E-state index is 6.76. The minimum Gasteiger partial charge on any atom is -0.501 e. The first-order chi connectivity index (χ1) is 39.4. The molecule has 0 spiro atoms. The second-order valence-electron chi connectivity index (χ2n) is 28.2. The van der Waals surface area contributed by atoms with Gasteiger partial charge in [-0.3, -0.25) is 4.98 Å². The molecule has 4 aromatic heterocycles. The van der Waals surface area contributed by atoms with E-state index in [1.165, 1.54) is 57.5 Å². The predicted molar refractivity (Wildman–Crippen MR) is 347 cm³/mol. The Balaban J connectivity index is 0.000000170. The van der Waals surface area contributed by atoms with Crippen molar-refractivity contribution in [3.05, 3.63) is 209 Å². The molecule has 1 radical (unpaired) electrons. The fraction of sp³-hybridized carbons (Fsp3) is 0.308. The van der Waals surface area contributed by atoms with E-state index < -0.39 is 0 Å². The van der Waals surface area contributed by atoms with Crippen LogP contribution in [0.1, 0.15) is 167 Å². The van der Waals surface area contributed by atoms with E-state index in [0.717, 1.165) is 77.6 Å². The third kappa shape index (κ3) is 9.48. The van der Waals surface area contributed by atoms with Gasteiger partial charge in [0, 0.05) is 48.1 Å². The van der Waals surface area contributed by atoms with Crippen LogP contribution < -0.4 is 0 Å². The van der Waals surface area contributed by atoms with Crippen LogP contribution in [0.15, 0.2) is 167 Å². The molecule has 0 atom stereocenters. The Labute approximate surface area is 510 Å². The molecule has 427 valence electrons. The van der Waals surface area contributed by atoms with E-state index in [9.17, 15) is 0 Å². The van der Waals surface area contributed by atoms with Crippen molar-refractivity contribution in [2.75, 3.05) is 0 Å². The summed E-state index contributed by atoms with van der Waals surface area (Å²) in [6, 6.07) is 61.1. The Bertz CT molecular complexity index is 4470. The number of pyridine rings is 1. The zero-order chi connectivity index (χ0) is 58.3. The smallest absolute Gasteiger partial charge is 0.136 e. The fourth-order valence-electron chi connectivity index (χ4n) is 15.0. The summed E-state index contributed by atoms with van der Waals surface area (Å²) in [6.45, 7) is 35.5. The van der Waals surface area contributed by atoms with Gasteiger partial charge in [0.25, 0.3) is 0 Å². The summed E-state index contributed by atoms with van der Waals surface area (Å²) >= 11 is 0. The number of benzene rings is 8. The van der Waals surface area contributed by atoms with Crippen LogP contribution in [0.2, 0.25) is 0 Å². The quantitative estimate of drug-likeness (QED) is 0.149. The molecule has 0 aliphatic heterocycles. The number of nitrogens with zero attached hydrogens (tertiary/aromatic N) is 3. The van der Waals surface area contributed by atoms with E-state index in [4.69, 9.17) is 18.8 Å². The topological polar surface area (TPSA) is 57.0 Å². The first-order valence-electron chi connectivity index (χ1n) is 30.0. The van der Waals surface area contributed by atoms with Crippen LogP contribution in [0.25, 0.3) is 105 Å². The van der Waals surface area contributed by atoms with Crippen LogP contribution in [-0.4, -0.2) is 14.5 Å². The van der Waals surface area contributed by atoms with E-state index in [1.807, 2.05) is 30.5 Å². The van der Waals surface area contributed by atoms with Gasteiger partial charge in [0.15, 0.2) is 0 Å². The van der Waals surface area contributed by atoms with Crippen LogP contribution >= 0.6 is 0 Å². The Morgan fingerprint density at radius 3 is 1.79 bits per heavy atom. The van der Waals surface area contributed by atoms with Crippen molar-refractivity contribution in [3.8, 4) is 50.6 Å². The molecule has 0 amide bonds. The summed E-state index contributed by atoms with van der Waals surface area (Å²) in [5.74, 6) is 1.37. The monoisotopic (exact) mass is 1280 g/mol. The van der Waals surface area contributed by atoms with E-state index in [1.54, 1.807) is 22.3 Å². The Kier molecular flexibility index (Phi) is 13.9. The molecule has 0 saturated heterocycles. The molecule has 14 rings (SSSR count). The van der Waals surface area contributed by atoms with Gasteiger partial charge in [-0.15, -0.1) is 53.6 Å². The summed E-state index contributed by atoms with van der Waals surface area (Å²) in [7, 11) is 0. The maximum Gasteiger partial charge on any atom is 0.136 e. The summed E-state index contributed by atoms with van der Waals surface area (Å²) in [5, 5.41) is 4.16. The predicted octanol–water partition coefficient (Wildman–Crippen LogP) is 21.6. The number of imidazole rings is 1. The van der Waals surface area contributed by atoms with Crippen LogP contribution in [0.3, 0.4) is 0 Å². The zero-order valence-corrected chi connectivity index (χ0v) is 54.0. The molecule has 5 nitrogen and oxygen atoms in total. The van der Waals surface area contributed by atoms with Crippen molar-refractivity contribution in [1.82, 2.24) is 14.5 Å². The average molecular weight is 1280 g/mol. The van der Waals surface area contributed by atoms with Gasteiger partial charge >= 0.3 is 0 Å². The van der Waals surface area contributed by atoms with E-state index in [0.29, 0.717) is 0 Å². The average Bonchev–Trinajstić information content (AvgIpc) is 2.02. The molecule has 6 heteroatoms. The van der Waals surface area contributed by atoms with Crippen molar-refractivity contribution in [2.45, 2.75) is 156 Å². The SMILES string of the molecule is CC(C)(C)c1ccnc(-c2[c-]ccc(-c3c4c(cc5c3C(C)(C)CC5(C)C)C(C)(C)CC4(C)C)c2)c1.CC(C)c1cc(-c2ccccc2)cc(C(C)C)c1-n1c(-c2[c-]ccc3c2oc2cc4c(cc23)oc2ccccc24)nc2ccccc21.[Ir]. The number of aromatic nitrogens is 3. The molecule has 4 heterocycles. The van der Waals surface area contributed by atoms with Gasteiger partial charge in [-0.2, -0.15) is 0 Å². The molecule has 8 aromatic carbocycles. The number of hydrogen-bond donors (Lipinski definition) is 0. The first-order valence-corrected chi connectivity index (χ1v) is 30.0. The maximum absolute atomic E-state index is 6.76. The van der Waals surface area contributed by atoms with Gasteiger partial charge in [-0.1, -0.05) is 188 Å². The van der Waals surface area contributed by atoms with Crippen molar-refractivity contribution in [3.63, 3.8) is 0 Å². The molecule has 0 saturated carbocycles. The van der Waals surface area contributed by atoms with Gasteiger partial charge in [0.05, 0.1) is 22.4 Å². The standard InChI is InChI=1S/C43H33N2O2.C35H44N.Ir/c1-25(2)32-21-28(27-13-6-5-7-14-27)22-33(26(3)4)41(32)45-37-19-10-9-18-36(37)44-43(45)31-17-12-16-30-35-24-39-34(23-40(35)47-42(30)31)29-15-8-11-20-38(29)46-39;1-31(2,3)24-15-16-36-27(18-24)22-13-12-14-23(17-22)28-29-25(32(4,5)20-34(29,8)9)19-26-30(28)35(10,11)21-33(26,6)7;/h5-16,18-26H,1-4H3;12,14-19H,20-21H2,1-11H3;/q2*-1;. The van der Waals surface area contributed by atoms with Crippen molar-refractivity contribution in [2.24, 2.45) is 0 Å². The van der Waals surface area contributed by atoms with E-state index in [-0.39, 0.29) is 59.0 Å². The van der Waals surface area contributed by atoms with Crippen LogP contribution in [0.4, 0.5) is 0 Å². The Morgan fingerprint density at radius 1 is 0.536 bits per heavy atom. The van der Waals surface area contributed by atoms with Gasteiger partial charge in [-0.05, 0) is 162 Å². The van der Waals surface area contributed by atoms with Crippen molar-refractivity contribution >= 4 is 54.9 Å². The molecule has 0 unspecified atom stereocenters. The molecule has 2 aliphatic rings. The second-order valence-corrected chi connectivity index (χ2v) is 28.2. The zero-order valence-electron chi connectivity index (χ0n) is 51.6. The fourth-order valence-corrected chi connectivity index (χ4v) is 15.0. The largest absolute Gasteiger partial charge is 0.501 e. The molecule has 0 N–H and O–H groups in total.